The van der Waals surface area contributed by atoms with Crippen molar-refractivity contribution in [2.45, 2.75) is 32.2 Å². The second kappa shape index (κ2) is 8.61. The van der Waals surface area contributed by atoms with Gasteiger partial charge in [-0.25, -0.2) is 0 Å². The van der Waals surface area contributed by atoms with E-state index in [1.165, 1.54) is 11.1 Å². The fraction of sp³-hybridized carbons (Fsp3) is 0.217. The highest BCUT2D eigenvalue weighted by molar-refractivity contribution is 5.21. The zero-order valence-electron chi connectivity index (χ0n) is 14.6. The van der Waals surface area contributed by atoms with Gasteiger partial charge in [0.2, 0.25) is 0 Å². The largest absolute Gasteiger partial charge is 0.387 e. The van der Waals surface area contributed by atoms with Crippen LogP contribution in [-0.4, -0.2) is 16.0 Å². The van der Waals surface area contributed by atoms with Crippen molar-refractivity contribution in [2.24, 2.45) is 0 Å². The van der Waals surface area contributed by atoms with E-state index in [1.807, 2.05) is 42.5 Å². The van der Waals surface area contributed by atoms with E-state index in [4.69, 9.17) is 0 Å². The molecule has 3 aromatic carbocycles. The molecule has 3 aromatic rings. The molecule has 0 aliphatic carbocycles. The lowest BCUT2D eigenvalue weighted by Crippen LogP contribution is -2.36. The summed E-state index contributed by atoms with van der Waals surface area (Å²) in [6.07, 6.45) is -0.520. The lowest BCUT2D eigenvalue weighted by Gasteiger charge is -2.33. The predicted octanol–water partition coefficient (Wildman–Crippen LogP) is 4.81. The normalized spacial score (nSPS) is 13.6. The number of hydrogen-bond acceptors (Lipinski definition) is 2. The topological polar surface area (TPSA) is 23.5 Å². The molecule has 1 N–H and O–H groups in total. The first-order valence-corrected chi connectivity index (χ1v) is 8.79. The average Bonchev–Trinajstić information content (AvgIpc) is 2.68. The van der Waals surface area contributed by atoms with E-state index < -0.39 is 6.10 Å². The summed E-state index contributed by atoms with van der Waals surface area (Å²) in [6.45, 7) is 3.71. The molecule has 0 unspecified atom stereocenters. The molecule has 0 aliphatic heterocycles. The lowest BCUT2D eigenvalue weighted by atomic mass is 10.0. The maximum Gasteiger partial charge on any atom is 0.0942 e. The van der Waals surface area contributed by atoms with Gasteiger partial charge in [0.15, 0.2) is 0 Å². The van der Waals surface area contributed by atoms with Crippen LogP contribution < -0.4 is 0 Å². The summed E-state index contributed by atoms with van der Waals surface area (Å²) in [5.41, 5.74) is 3.47. The molecule has 0 heterocycles. The molecule has 3 rings (SSSR count). The van der Waals surface area contributed by atoms with Crippen LogP contribution in [0.3, 0.4) is 0 Å². The molecule has 0 aromatic heterocycles. The average molecular weight is 331 g/mol. The maximum atomic E-state index is 10.9. The third-order valence-corrected chi connectivity index (χ3v) is 4.63. The molecular weight excluding hydrogens is 306 g/mol. The molecule has 0 bridgehead atoms. The Balaban J connectivity index is 1.81. The highest BCUT2D eigenvalue weighted by atomic mass is 16.3. The van der Waals surface area contributed by atoms with Gasteiger partial charge in [0, 0.05) is 19.1 Å². The van der Waals surface area contributed by atoms with Gasteiger partial charge in [-0.1, -0.05) is 91.0 Å². The summed E-state index contributed by atoms with van der Waals surface area (Å²) in [5.74, 6) is 0. The Morgan fingerprint density at radius 2 is 1.08 bits per heavy atom. The van der Waals surface area contributed by atoms with Crippen LogP contribution in [-0.2, 0) is 13.1 Å². The molecule has 0 spiro atoms. The van der Waals surface area contributed by atoms with Crippen LogP contribution in [0.5, 0.6) is 0 Å². The van der Waals surface area contributed by atoms with Crippen molar-refractivity contribution in [1.29, 1.82) is 0 Å². The van der Waals surface area contributed by atoms with Gasteiger partial charge in [-0.15, -0.1) is 0 Å². The Labute approximate surface area is 150 Å². The molecule has 2 heteroatoms. The number of benzene rings is 3. The van der Waals surface area contributed by atoms with Gasteiger partial charge in [-0.2, -0.15) is 0 Å². The minimum absolute atomic E-state index is 0.00260. The first kappa shape index (κ1) is 17.4. The highest BCUT2D eigenvalue weighted by Crippen LogP contribution is 2.24. The molecule has 2 nitrogen and oxygen atoms in total. The van der Waals surface area contributed by atoms with Gasteiger partial charge < -0.3 is 5.11 Å². The Morgan fingerprint density at radius 1 is 0.680 bits per heavy atom. The second-order valence-corrected chi connectivity index (χ2v) is 6.47. The monoisotopic (exact) mass is 331 g/mol. The molecule has 2 atom stereocenters. The molecule has 0 saturated carbocycles. The van der Waals surface area contributed by atoms with E-state index in [2.05, 4.69) is 60.4 Å². The SMILES string of the molecule is C[C@@H]([C@H](O)c1ccccc1)N(Cc1ccccc1)Cc1ccccc1. The number of aliphatic hydroxyl groups is 1. The van der Waals surface area contributed by atoms with Crippen LogP contribution >= 0.6 is 0 Å². The number of rotatable bonds is 7. The van der Waals surface area contributed by atoms with Crippen molar-refractivity contribution >= 4 is 0 Å². The zero-order valence-corrected chi connectivity index (χ0v) is 14.6. The van der Waals surface area contributed by atoms with Gasteiger partial charge in [0.1, 0.15) is 0 Å². The molecular formula is C23H25NO. The molecule has 128 valence electrons. The molecule has 0 radical (unpaired) electrons. The summed E-state index contributed by atoms with van der Waals surface area (Å²) >= 11 is 0. The number of hydrogen-bond donors (Lipinski definition) is 1. The third kappa shape index (κ3) is 4.79. The summed E-state index contributed by atoms with van der Waals surface area (Å²) in [6, 6.07) is 30.8. The Morgan fingerprint density at radius 3 is 1.52 bits per heavy atom. The van der Waals surface area contributed by atoms with E-state index in [0.717, 1.165) is 18.7 Å². The number of aliphatic hydroxyl groups excluding tert-OH is 1. The van der Waals surface area contributed by atoms with Crippen molar-refractivity contribution < 1.29 is 5.11 Å². The Hall–Kier alpha value is -2.42. The van der Waals surface area contributed by atoms with E-state index in [0.29, 0.717) is 0 Å². The first-order chi connectivity index (χ1) is 12.2. The smallest absolute Gasteiger partial charge is 0.0942 e. The third-order valence-electron chi connectivity index (χ3n) is 4.63. The Bertz CT molecular complexity index is 701. The van der Waals surface area contributed by atoms with Gasteiger partial charge >= 0.3 is 0 Å². The minimum atomic E-state index is -0.520. The quantitative estimate of drug-likeness (QED) is 0.671. The van der Waals surface area contributed by atoms with Crippen LogP contribution in [0, 0.1) is 0 Å². The van der Waals surface area contributed by atoms with Crippen molar-refractivity contribution in [3.8, 4) is 0 Å². The van der Waals surface area contributed by atoms with Crippen molar-refractivity contribution in [2.75, 3.05) is 0 Å². The molecule has 0 amide bonds. The van der Waals surface area contributed by atoms with E-state index in [-0.39, 0.29) is 6.04 Å². The predicted molar refractivity (Wildman–Crippen MR) is 103 cm³/mol. The van der Waals surface area contributed by atoms with Crippen LogP contribution in [0.4, 0.5) is 0 Å². The van der Waals surface area contributed by atoms with Crippen LogP contribution in [0.15, 0.2) is 91.0 Å². The zero-order chi connectivity index (χ0) is 17.5. The van der Waals surface area contributed by atoms with Gasteiger partial charge in [0.25, 0.3) is 0 Å². The van der Waals surface area contributed by atoms with Gasteiger partial charge in [-0.3, -0.25) is 4.90 Å². The van der Waals surface area contributed by atoms with Gasteiger partial charge in [-0.05, 0) is 23.6 Å². The molecule has 25 heavy (non-hydrogen) atoms. The molecule has 0 aliphatic rings. The Kier molecular flexibility index (Phi) is 5.99. The van der Waals surface area contributed by atoms with Gasteiger partial charge in [0.05, 0.1) is 6.10 Å². The maximum absolute atomic E-state index is 10.9. The molecule has 0 fully saturated rings. The molecule has 0 saturated heterocycles. The standard InChI is InChI=1S/C23H25NO/c1-19(23(25)22-15-9-4-10-16-22)24(17-20-11-5-2-6-12-20)18-21-13-7-3-8-14-21/h2-16,19,23,25H,17-18H2,1H3/t19-,23-/m0/s1. The van der Waals surface area contributed by atoms with Crippen LogP contribution in [0.25, 0.3) is 0 Å². The van der Waals surface area contributed by atoms with Crippen molar-refractivity contribution in [1.82, 2.24) is 4.90 Å². The fourth-order valence-electron chi connectivity index (χ4n) is 3.11. The summed E-state index contributed by atoms with van der Waals surface area (Å²) in [4.78, 5) is 2.34. The van der Waals surface area contributed by atoms with E-state index in [1.54, 1.807) is 0 Å². The summed E-state index contributed by atoms with van der Waals surface area (Å²) in [7, 11) is 0. The summed E-state index contributed by atoms with van der Waals surface area (Å²) < 4.78 is 0. The fourth-order valence-corrected chi connectivity index (χ4v) is 3.11. The minimum Gasteiger partial charge on any atom is -0.387 e. The first-order valence-electron chi connectivity index (χ1n) is 8.79. The number of nitrogens with zero attached hydrogens (tertiary/aromatic N) is 1. The lowest BCUT2D eigenvalue weighted by molar-refractivity contribution is 0.0484. The van der Waals surface area contributed by atoms with Crippen LogP contribution in [0.1, 0.15) is 29.7 Å². The van der Waals surface area contributed by atoms with Crippen molar-refractivity contribution in [3.63, 3.8) is 0 Å². The van der Waals surface area contributed by atoms with Crippen LogP contribution in [0.2, 0.25) is 0 Å². The highest BCUT2D eigenvalue weighted by Gasteiger charge is 2.23. The van der Waals surface area contributed by atoms with E-state index >= 15 is 0 Å². The van der Waals surface area contributed by atoms with Crippen molar-refractivity contribution in [3.05, 3.63) is 108 Å². The van der Waals surface area contributed by atoms with E-state index in [9.17, 15) is 5.11 Å². The summed E-state index contributed by atoms with van der Waals surface area (Å²) in [5, 5.41) is 10.9. The second-order valence-electron chi connectivity index (χ2n) is 6.47.